The van der Waals surface area contributed by atoms with Gasteiger partial charge in [-0.05, 0) is 0 Å². The Balaban J connectivity index is 0. The van der Waals surface area contributed by atoms with E-state index in [1.165, 1.54) is 27.7 Å². The van der Waals surface area contributed by atoms with Crippen molar-refractivity contribution in [2.45, 2.75) is 46.4 Å². The molecule has 0 aromatic rings. The number of aliphatic hydroxyl groups excluding tert-OH is 3. The summed E-state index contributed by atoms with van der Waals surface area (Å²) >= 11 is 0. The van der Waals surface area contributed by atoms with Crippen LogP contribution in [0.5, 0.6) is 0 Å². The average molecular weight is 319 g/mol. The molecule has 0 aromatic heterocycles. The van der Waals surface area contributed by atoms with Gasteiger partial charge in [-0.1, -0.05) is 0 Å². The van der Waals surface area contributed by atoms with Gasteiger partial charge in [0.1, 0.15) is 0 Å². The molecule has 6 heteroatoms. The highest BCUT2D eigenvalue weighted by molar-refractivity contribution is 5.66. The van der Waals surface area contributed by atoms with Crippen LogP contribution in [0.4, 0.5) is 0 Å². The number of rotatable bonds is 3. The third kappa shape index (κ3) is 2.63. The fourth-order valence-corrected chi connectivity index (χ4v) is 1.73. The monoisotopic (exact) mass is 319 g/mol. The van der Waals surface area contributed by atoms with Crippen LogP contribution in [0.1, 0.15) is 27.7 Å². The summed E-state index contributed by atoms with van der Waals surface area (Å²) in [4.78, 5) is 11.3. The molecule has 0 aliphatic rings. The van der Waals surface area contributed by atoms with E-state index >= 15 is 0 Å². The van der Waals surface area contributed by atoms with Crippen LogP contribution < -0.4 is 24.0 Å². The van der Waals surface area contributed by atoms with Crippen molar-refractivity contribution in [1.29, 1.82) is 0 Å². The molecule has 3 atom stereocenters. The Morgan fingerprint density at radius 2 is 1.21 bits per heavy atom. The predicted octanol–water partition coefficient (Wildman–Crippen LogP) is -3.63. The van der Waals surface area contributed by atoms with Gasteiger partial charge < -0.3 is 39.3 Å². The Morgan fingerprint density at radius 1 is 1.00 bits per heavy atom. The maximum absolute atomic E-state index is 11.3. The molecule has 3 N–H and O–H groups in total. The Hall–Kier alpha value is 0.240. The van der Waals surface area contributed by atoms with Crippen molar-refractivity contribution >= 4 is 5.91 Å². The van der Waals surface area contributed by atoms with E-state index in [9.17, 15) is 20.1 Å². The molecule has 0 saturated carbocycles. The normalized spacial score (nSPS) is 21.4. The maximum atomic E-state index is 11.3. The highest BCUT2D eigenvalue weighted by Gasteiger charge is 2.47. The van der Waals surface area contributed by atoms with Crippen LogP contribution >= 0.6 is 0 Å². The Morgan fingerprint density at radius 3 is 1.21 bits per heavy atom. The van der Waals surface area contributed by atoms with Crippen molar-refractivity contribution in [2.75, 3.05) is 0 Å². The Labute approximate surface area is 101 Å². The van der Waals surface area contributed by atoms with Gasteiger partial charge in [0.05, 0.1) is 6.92 Å². The summed E-state index contributed by atoms with van der Waals surface area (Å²) in [5.41, 5.74) is 0. The number of amides is 1. The van der Waals surface area contributed by atoms with Crippen LogP contribution in [0.15, 0.2) is 0 Å². The lowest BCUT2D eigenvalue weighted by molar-refractivity contribution is -0.977. The summed E-state index contributed by atoms with van der Waals surface area (Å²) in [7, 11) is 0. The predicted molar refractivity (Wildman–Crippen MR) is 46.0 cm³/mol. The third-order valence-electron chi connectivity index (χ3n) is 2.40. The average Bonchev–Trinajstić information content (AvgIpc) is 1.82. The molecule has 5 nitrogen and oxygen atoms in total. The van der Waals surface area contributed by atoms with Crippen molar-refractivity contribution < 1.29 is 48.6 Å². The van der Waals surface area contributed by atoms with Crippen molar-refractivity contribution in [3.63, 3.8) is 0 Å². The molecule has 86 valence electrons. The van der Waals surface area contributed by atoms with Crippen LogP contribution in [-0.2, 0) is 4.79 Å². The maximum Gasteiger partial charge on any atom is 0.316 e. The van der Waals surface area contributed by atoms with Gasteiger partial charge in [-0.15, -0.1) is 0 Å². The first-order valence-corrected chi connectivity index (χ1v) is 4.21. The van der Waals surface area contributed by atoms with Crippen LogP contribution in [0.25, 0.3) is 0 Å². The molecule has 0 fully saturated rings. The molecule has 0 bridgehead atoms. The molecule has 0 aliphatic heterocycles. The van der Waals surface area contributed by atoms with Gasteiger partial charge in [0.2, 0.25) is 0 Å². The van der Waals surface area contributed by atoms with Crippen LogP contribution in [-0.4, -0.2) is 44.4 Å². The first-order chi connectivity index (χ1) is 5.77. The van der Waals surface area contributed by atoms with E-state index < -0.39 is 29.1 Å². The molecule has 0 saturated heterocycles. The SMILES string of the molecule is CC(=O)[N+](C(C)O)(C(C)O)C(C)O.[I-]. The Bertz CT molecular complexity index is 172. The molecule has 0 rings (SSSR count). The molecular formula is C8H18INO4. The summed E-state index contributed by atoms with van der Waals surface area (Å²) in [6, 6.07) is 0. The van der Waals surface area contributed by atoms with Gasteiger partial charge in [-0.2, -0.15) is 4.48 Å². The van der Waals surface area contributed by atoms with E-state index in [1.807, 2.05) is 0 Å². The summed E-state index contributed by atoms with van der Waals surface area (Å²) in [6.45, 7) is 5.31. The number of nitrogens with zero attached hydrogens (tertiary/aromatic N) is 1. The molecule has 0 radical (unpaired) electrons. The van der Waals surface area contributed by atoms with Gasteiger partial charge in [-0.25, -0.2) is 4.79 Å². The van der Waals surface area contributed by atoms with Gasteiger partial charge in [0.25, 0.3) is 0 Å². The number of aliphatic hydroxyl groups is 3. The largest absolute Gasteiger partial charge is 1.00 e. The van der Waals surface area contributed by atoms with Crippen LogP contribution in [0.3, 0.4) is 0 Å². The summed E-state index contributed by atoms with van der Waals surface area (Å²) in [6.07, 6.45) is -3.42. The number of hydrogen-bond donors (Lipinski definition) is 3. The minimum absolute atomic E-state index is 0. The second-order valence-corrected chi connectivity index (χ2v) is 3.25. The lowest BCUT2D eigenvalue weighted by Crippen LogP contribution is -3.00. The molecule has 0 spiro atoms. The minimum atomic E-state index is -1.14. The van der Waals surface area contributed by atoms with E-state index in [-0.39, 0.29) is 24.0 Å². The topological polar surface area (TPSA) is 77.8 Å². The van der Waals surface area contributed by atoms with Crippen LogP contribution in [0.2, 0.25) is 0 Å². The molecule has 0 aliphatic carbocycles. The van der Waals surface area contributed by atoms with Crippen LogP contribution in [0, 0.1) is 0 Å². The molecule has 3 unspecified atom stereocenters. The zero-order valence-corrected chi connectivity index (χ0v) is 11.0. The Kier molecular flexibility index (Phi) is 7.10. The van der Waals surface area contributed by atoms with Gasteiger partial charge in [0.15, 0.2) is 18.7 Å². The fourth-order valence-electron chi connectivity index (χ4n) is 1.73. The van der Waals surface area contributed by atoms with E-state index in [1.54, 1.807) is 0 Å². The highest BCUT2D eigenvalue weighted by atomic mass is 127. The number of carbonyl (C=O) groups is 1. The summed E-state index contributed by atoms with van der Waals surface area (Å²) in [5.74, 6) is -0.472. The molecular weight excluding hydrogens is 301 g/mol. The third-order valence-corrected chi connectivity index (χ3v) is 2.40. The number of hydrogen-bond acceptors (Lipinski definition) is 4. The summed E-state index contributed by atoms with van der Waals surface area (Å²) in [5, 5.41) is 28.2. The van der Waals surface area contributed by atoms with Gasteiger partial charge >= 0.3 is 5.91 Å². The first kappa shape index (κ1) is 16.7. The fraction of sp³-hybridized carbons (Fsp3) is 0.875. The van der Waals surface area contributed by atoms with Crippen molar-refractivity contribution in [3.05, 3.63) is 0 Å². The van der Waals surface area contributed by atoms with Gasteiger partial charge in [0, 0.05) is 20.8 Å². The zero-order chi connectivity index (χ0) is 10.8. The van der Waals surface area contributed by atoms with E-state index in [4.69, 9.17) is 0 Å². The lowest BCUT2D eigenvalue weighted by atomic mass is 10.2. The standard InChI is InChI=1S/C8H18NO4.HI/c1-5(10)9(6(2)11,7(3)12)8(4)13;/h5-7,10-12H,1-4H3;1H/q+1;/p-1. The van der Waals surface area contributed by atoms with Crippen molar-refractivity contribution in [3.8, 4) is 0 Å². The molecule has 14 heavy (non-hydrogen) atoms. The highest BCUT2D eigenvalue weighted by Crippen LogP contribution is 2.21. The van der Waals surface area contributed by atoms with Crippen molar-refractivity contribution in [2.24, 2.45) is 0 Å². The smallest absolute Gasteiger partial charge is 0.316 e. The van der Waals surface area contributed by atoms with E-state index in [0.717, 1.165) is 0 Å². The zero-order valence-electron chi connectivity index (χ0n) is 8.81. The first-order valence-electron chi connectivity index (χ1n) is 4.21. The molecule has 0 aromatic carbocycles. The lowest BCUT2D eigenvalue weighted by Gasteiger charge is -2.41. The van der Waals surface area contributed by atoms with E-state index in [0.29, 0.717) is 0 Å². The quantitative estimate of drug-likeness (QED) is 0.285. The number of carbonyl (C=O) groups excluding carboxylic acids is 1. The van der Waals surface area contributed by atoms with Crippen molar-refractivity contribution in [1.82, 2.24) is 0 Å². The molecule has 1 amide bonds. The number of quaternary nitrogens is 1. The van der Waals surface area contributed by atoms with Gasteiger partial charge in [-0.3, -0.25) is 0 Å². The molecule has 0 heterocycles. The van der Waals surface area contributed by atoms with E-state index in [2.05, 4.69) is 0 Å². The second-order valence-electron chi connectivity index (χ2n) is 3.25. The second kappa shape index (κ2) is 5.96. The minimum Gasteiger partial charge on any atom is -1.00 e. The summed E-state index contributed by atoms with van der Waals surface area (Å²) < 4.78 is -0.750. The number of halogens is 1.